The molecule has 1 atom stereocenters. The zero-order valence-electron chi connectivity index (χ0n) is 14.9. The molecule has 0 unspecified atom stereocenters. The number of likely N-dealkylation sites (tertiary alicyclic amines) is 1. The van der Waals surface area contributed by atoms with Crippen molar-refractivity contribution < 1.29 is 32.6 Å². The van der Waals surface area contributed by atoms with Crippen molar-refractivity contribution in [2.24, 2.45) is 5.92 Å². The fourth-order valence-corrected chi connectivity index (χ4v) is 2.74. The smallest absolute Gasteiger partial charge is 0.435 e. The number of halogens is 3. The molecule has 1 saturated heterocycles. The average molecular weight is 390 g/mol. The van der Waals surface area contributed by atoms with Gasteiger partial charge in [0.05, 0.1) is 0 Å². The number of piperidine rings is 1. The summed E-state index contributed by atoms with van der Waals surface area (Å²) in [4.78, 5) is 24.9. The molecule has 0 spiro atoms. The van der Waals surface area contributed by atoms with Crippen molar-refractivity contribution in [1.82, 2.24) is 20.4 Å². The van der Waals surface area contributed by atoms with Crippen LogP contribution in [0.25, 0.3) is 0 Å². The van der Waals surface area contributed by atoms with Gasteiger partial charge in [0.1, 0.15) is 12.1 Å². The van der Waals surface area contributed by atoms with Gasteiger partial charge in [0.2, 0.25) is 11.8 Å². The summed E-state index contributed by atoms with van der Waals surface area (Å²) in [5.74, 6) is -0.523. The van der Waals surface area contributed by atoms with E-state index in [9.17, 15) is 22.8 Å². The lowest BCUT2D eigenvalue weighted by molar-refractivity contribution is -0.141. The van der Waals surface area contributed by atoms with Gasteiger partial charge in [0.25, 0.3) is 0 Å². The minimum Gasteiger partial charge on any atom is -0.473 e. The zero-order valence-corrected chi connectivity index (χ0v) is 14.9. The van der Waals surface area contributed by atoms with Crippen LogP contribution in [-0.4, -0.2) is 57.4 Å². The highest BCUT2D eigenvalue weighted by Crippen LogP contribution is 2.27. The van der Waals surface area contributed by atoms with E-state index in [-0.39, 0.29) is 23.8 Å². The monoisotopic (exact) mass is 390 g/mol. The first kappa shape index (κ1) is 20.7. The summed E-state index contributed by atoms with van der Waals surface area (Å²) in [6, 6.07) is 1.07. The van der Waals surface area contributed by atoms with Gasteiger partial charge in [0.15, 0.2) is 5.69 Å². The van der Waals surface area contributed by atoms with E-state index in [1.807, 2.05) is 0 Å². The SMILES string of the molecule is CC(C)[C@H](NC(=O)O)C(=O)N1CCC(Oc2ccc(C(F)(F)F)nn2)CC1. The Bertz CT molecular complexity index is 659. The Hall–Kier alpha value is -2.59. The third-order valence-electron chi connectivity index (χ3n) is 4.18. The van der Waals surface area contributed by atoms with Gasteiger partial charge < -0.3 is 20.1 Å². The van der Waals surface area contributed by atoms with Crippen LogP contribution in [0.1, 0.15) is 32.4 Å². The molecule has 8 nitrogen and oxygen atoms in total. The first-order chi connectivity index (χ1) is 12.6. The molecule has 0 radical (unpaired) electrons. The Balaban J connectivity index is 1.89. The average Bonchev–Trinajstić information content (AvgIpc) is 2.59. The Morgan fingerprint density at radius 2 is 1.89 bits per heavy atom. The highest BCUT2D eigenvalue weighted by molar-refractivity contribution is 5.85. The third-order valence-corrected chi connectivity index (χ3v) is 4.18. The number of ether oxygens (including phenoxy) is 1. The number of carboxylic acid groups (broad SMARTS) is 1. The van der Waals surface area contributed by atoms with E-state index >= 15 is 0 Å². The van der Waals surface area contributed by atoms with Crippen molar-refractivity contribution in [2.75, 3.05) is 13.1 Å². The standard InChI is InChI=1S/C16H21F3N4O4/c1-9(2)13(20-15(25)26)14(24)23-7-5-10(6-8-23)27-12-4-3-11(21-22-12)16(17,18)19/h3-4,9-10,13,20H,5-8H2,1-2H3,(H,25,26)/t13-/m0/s1. The van der Waals surface area contributed by atoms with E-state index in [0.717, 1.165) is 12.1 Å². The number of aromatic nitrogens is 2. The van der Waals surface area contributed by atoms with Gasteiger partial charge in [-0.05, 0) is 12.0 Å². The molecule has 0 aromatic carbocycles. The number of carbonyl (C=O) groups excluding carboxylic acids is 1. The molecule has 0 aliphatic carbocycles. The van der Waals surface area contributed by atoms with Gasteiger partial charge in [0, 0.05) is 32.0 Å². The van der Waals surface area contributed by atoms with E-state index in [1.54, 1.807) is 18.7 Å². The number of carbonyl (C=O) groups is 2. The second kappa shape index (κ2) is 8.40. The minimum absolute atomic E-state index is 0.0135. The van der Waals surface area contributed by atoms with Gasteiger partial charge in [-0.25, -0.2) is 4.79 Å². The predicted octanol–water partition coefficient (Wildman–Crippen LogP) is 2.16. The number of hydrogen-bond acceptors (Lipinski definition) is 5. The van der Waals surface area contributed by atoms with Crippen LogP contribution in [0.3, 0.4) is 0 Å². The molecule has 1 aliphatic heterocycles. The molecule has 1 fully saturated rings. The molecule has 1 aromatic rings. The Kier molecular flexibility index (Phi) is 6.45. The fraction of sp³-hybridized carbons (Fsp3) is 0.625. The molecule has 0 saturated carbocycles. The first-order valence-electron chi connectivity index (χ1n) is 8.43. The lowest BCUT2D eigenvalue weighted by atomic mass is 10.0. The van der Waals surface area contributed by atoms with Crippen molar-refractivity contribution in [3.8, 4) is 5.88 Å². The Morgan fingerprint density at radius 3 is 2.33 bits per heavy atom. The Morgan fingerprint density at radius 1 is 1.26 bits per heavy atom. The van der Waals surface area contributed by atoms with E-state index in [2.05, 4.69) is 15.5 Å². The van der Waals surface area contributed by atoms with Gasteiger partial charge in [-0.15, -0.1) is 10.2 Å². The summed E-state index contributed by atoms with van der Waals surface area (Å²) in [6.45, 7) is 4.19. The fourth-order valence-electron chi connectivity index (χ4n) is 2.74. The maximum atomic E-state index is 12.5. The van der Waals surface area contributed by atoms with Crippen molar-refractivity contribution in [3.05, 3.63) is 17.8 Å². The number of hydrogen-bond donors (Lipinski definition) is 2. The molecule has 150 valence electrons. The van der Waals surface area contributed by atoms with E-state index in [0.29, 0.717) is 25.9 Å². The molecular weight excluding hydrogens is 369 g/mol. The van der Waals surface area contributed by atoms with Crippen LogP contribution in [0.2, 0.25) is 0 Å². The molecule has 1 aromatic heterocycles. The van der Waals surface area contributed by atoms with E-state index < -0.39 is 24.0 Å². The molecule has 2 amide bonds. The van der Waals surface area contributed by atoms with Crippen molar-refractivity contribution in [2.45, 2.75) is 45.0 Å². The summed E-state index contributed by atoms with van der Waals surface area (Å²) in [5, 5.41) is 17.6. The molecule has 2 N–H and O–H groups in total. The van der Waals surface area contributed by atoms with Gasteiger partial charge in [-0.3, -0.25) is 4.79 Å². The zero-order chi connectivity index (χ0) is 20.2. The summed E-state index contributed by atoms with van der Waals surface area (Å²) < 4.78 is 43.0. The Labute approximate surface area is 153 Å². The summed E-state index contributed by atoms with van der Waals surface area (Å²) in [7, 11) is 0. The maximum absolute atomic E-state index is 12.5. The van der Waals surface area contributed by atoms with Crippen molar-refractivity contribution >= 4 is 12.0 Å². The number of amides is 2. The highest BCUT2D eigenvalue weighted by Gasteiger charge is 2.34. The van der Waals surface area contributed by atoms with Crippen LogP contribution in [0.5, 0.6) is 5.88 Å². The number of nitrogens with zero attached hydrogens (tertiary/aromatic N) is 3. The van der Waals surface area contributed by atoms with E-state index in [1.165, 1.54) is 0 Å². The lowest BCUT2D eigenvalue weighted by Crippen LogP contribution is -2.53. The summed E-state index contributed by atoms with van der Waals surface area (Å²) >= 11 is 0. The predicted molar refractivity (Wildman–Crippen MR) is 87.1 cm³/mol. The first-order valence-corrected chi connectivity index (χ1v) is 8.43. The molecule has 2 rings (SSSR count). The topological polar surface area (TPSA) is 105 Å². The largest absolute Gasteiger partial charge is 0.473 e. The van der Waals surface area contributed by atoms with E-state index in [4.69, 9.17) is 9.84 Å². The molecular formula is C16H21F3N4O4. The van der Waals surface area contributed by atoms with Gasteiger partial charge >= 0.3 is 12.3 Å². The maximum Gasteiger partial charge on any atom is 0.435 e. The number of rotatable bonds is 5. The molecule has 0 bridgehead atoms. The van der Waals surface area contributed by atoms with Crippen LogP contribution in [0.15, 0.2) is 12.1 Å². The highest BCUT2D eigenvalue weighted by atomic mass is 19.4. The molecule has 1 aliphatic rings. The second-order valence-electron chi connectivity index (χ2n) is 6.57. The quantitative estimate of drug-likeness (QED) is 0.798. The van der Waals surface area contributed by atoms with Gasteiger partial charge in [-0.2, -0.15) is 13.2 Å². The minimum atomic E-state index is -4.56. The third kappa shape index (κ3) is 5.69. The van der Waals surface area contributed by atoms with Crippen molar-refractivity contribution in [3.63, 3.8) is 0 Å². The van der Waals surface area contributed by atoms with Crippen molar-refractivity contribution in [1.29, 1.82) is 0 Å². The molecule has 11 heteroatoms. The number of nitrogens with one attached hydrogen (secondary N) is 1. The summed E-state index contributed by atoms with van der Waals surface area (Å²) in [6.07, 6.45) is -5.24. The van der Waals surface area contributed by atoms with Crippen LogP contribution < -0.4 is 10.1 Å². The van der Waals surface area contributed by atoms with Gasteiger partial charge in [-0.1, -0.05) is 13.8 Å². The summed E-state index contributed by atoms with van der Waals surface area (Å²) in [5.41, 5.74) is -1.10. The van der Waals surface area contributed by atoms with Crippen LogP contribution in [-0.2, 0) is 11.0 Å². The number of alkyl halides is 3. The van der Waals surface area contributed by atoms with Crippen LogP contribution in [0, 0.1) is 5.92 Å². The second-order valence-corrected chi connectivity index (χ2v) is 6.57. The van der Waals surface area contributed by atoms with Crippen LogP contribution >= 0.6 is 0 Å². The van der Waals surface area contributed by atoms with Crippen LogP contribution in [0.4, 0.5) is 18.0 Å². The molecule has 2 heterocycles. The normalized spacial score (nSPS) is 16.9. The molecule has 27 heavy (non-hydrogen) atoms. The lowest BCUT2D eigenvalue weighted by Gasteiger charge is -2.34.